The highest BCUT2D eigenvalue weighted by Crippen LogP contribution is 2.16. The number of halogens is 1. The van der Waals surface area contributed by atoms with Crippen LogP contribution in [0.3, 0.4) is 0 Å². The lowest BCUT2D eigenvalue weighted by Crippen LogP contribution is -2.32. The number of imidazole rings is 1. The fourth-order valence-corrected chi connectivity index (χ4v) is 1.43. The molecule has 0 bridgehead atoms. The molecule has 1 aromatic carbocycles. The number of nitrogens with two attached hydrogens (primary N) is 1. The van der Waals surface area contributed by atoms with Gasteiger partial charge in [0.2, 0.25) is 0 Å². The molecule has 0 saturated heterocycles. The number of benzene rings is 1. The first kappa shape index (κ1) is 11.3. The number of rotatable bonds is 3. The van der Waals surface area contributed by atoms with Gasteiger partial charge < -0.3 is 4.57 Å². The molecule has 2 aromatic rings. The van der Waals surface area contributed by atoms with Gasteiger partial charge in [-0.1, -0.05) is 0 Å². The van der Waals surface area contributed by atoms with Gasteiger partial charge in [0.25, 0.3) is 5.91 Å². The van der Waals surface area contributed by atoms with E-state index in [1.807, 2.05) is 5.43 Å². The van der Waals surface area contributed by atoms with Crippen LogP contribution in [0.2, 0.25) is 0 Å². The summed E-state index contributed by atoms with van der Waals surface area (Å²) in [5, 5.41) is 0. The number of nitrogens with one attached hydrogen (secondary N) is 1. The molecule has 88 valence electrons. The molecule has 0 aliphatic carbocycles. The van der Waals surface area contributed by atoms with Gasteiger partial charge in [0.1, 0.15) is 12.4 Å². The van der Waals surface area contributed by atoms with Crippen LogP contribution in [0.5, 0.6) is 0 Å². The number of aromatic nitrogens is 2. The predicted octanol–water partition coefficient (Wildman–Crippen LogP) is 0.679. The summed E-state index contributed by atoms with van der Waals surface area (Å²) in [5.41, 5.74) is 3.50. The van der Waals surface area contributed by atoms with E-state index >= 15 is 0 Å². The van der Waals surface area contributed by atoms with Gasteiger partial charge in [-0.3, -0.25) is 10.2 Å². The third-order valence-electron chi connectivity index (χ3n) is 2.26. The topological polar surface area (TPSA) is 72.9 Å². The molecular formula is C11H11FN4O. The smallest absolute Gasteiger partial charge is 0.253 e. The molecule has 2 rings (SSSR count). The Morgan fingerprint density at radius 3 is 2.76 bits per heavy atom. The van der Waals surface area contributed by atoms with Crippen LogP contribution in [0, 0.1) is 5.82 Å². The Kier molecular flexibility index (Phi) is 3.15. The molecule has 5 nitrogen and oxygen atoms in total. The van der Waals surface area contributed by atoms with Gasteiger partial charge in [-0.15, -0.1) is 0 Å². The van der Waals surface area contributed by atoms with Gasteiger partial charge in [-0.2, -0.15) is 0 Å². The lowest BCUT2D eigenvalue weighted by atomic mass is 10.2. The molecule has 1 heterocycles. The molecule has 0 atom stereocenters. The molecule has 3 N–H and O–H groups in total. The van der Waals surface area contributed by atoms with Crippen LogP contribution in [0.15, 0.2) is 36.8 Å². The largest absolute Gasteiger partial charge is 0.327 e. The van der Waals surface area contributed by atoms with Crippen molar-refractivity contribution in [1.82, 2.24) is 15.0 Å². The summed E-state index contributed by atoms with van der Waals surface area (Å²) in [6.07, 6.45) is 3.22. The van der Waals surface area contributed by atoms with Crippen LogP contribution in [0.1, 0.15) is 0 Å². The summed E-state index contributed by atoms with van der Waals surface area (Å²) in [4.78, 5) is 15.2. The van der Waals surface area contributed by atoms with E-state index in [0.29, 0.717) is 5.69 Å². The summed E-state index contributed by atoms with van der Waals surface area (Å²) in [6.45, 7) is 0.102. The second kappa shape index (κ2) is 4.75. The Morgan fingerprint density at radius 2 is 2.12 bits per heavy atom. The maximum absolute atomic E-state index is 12.7. The Hall–Kier alpha value is -2.21. The van der Waals surface area contributed by atoms with Crippen LogP contribution >= 0.6 is 0 Å². The zero-order valence-electron chi connectivity index (χ0n) is 8.93. The molecule has 0 aliphatic heterocycles. The Balaban J connectivity index is 2.18. The molecular weight excluding hydrogens is 223 g/mol. The van der Waals surface area contributed by atoms with Crippen LogP contribution in [-0.2, 0) is 11.3 Å². The average Bonchev–Trinajstić information content (AvgIpc) is 2.78. The molecule has 0 saturated carbocycles. The fraction of sp³-hybridized carbons (Fsp3) is 0.0909. The van der Waals surface area contributed by atoms with Gasteiger partial charge in [0.15, 0.2) is 0 Å². The number of carbonyl (C=O) groups excluding carboxylic acids is 1. The van der Waals surface area contributed by atoms with Crippen LogP contribution in [0.4, 0.5) is 4.39 Å². The Labute approximate surface area is 97.0 Å². The van der Waals surface area contributed by atoms with Crippen molar-refractivity contribution in [3.63, 3.8) is 0 Å². The van der Waals surface area contributed by atoms with Gasteiger partial charge in [0, 0.05) is 11.8 Å². The second-order valence-corrected chi connectivity index (χ2v) is 3.51. The van der Waals surface area contributed by atoms with Crippen molar-refractivity contribution >= 4 is 5.91 Å². The third kappa shape index (κ3) is 2.67. The lowest BCUT2D eigenvalue weighted by molar-refractivity contribution is -0.121. The molecule has 0 unspecified atom stereocenters. The molecule has 0 spiro atoms. The minimum atomic E-state index is -0.312. The van der Waals surface area contributed by atoms with Crippen molar-refractivity contribution in [2.75, 3.05) is 0 Å². The summed E-state index contributed by atoms with van der Waals surface area (Å²) in [7, 11) is 0. The zero-order valence-corrected chi connectivity index (χ0v) is 8.93. The minimum absolute atomic E-state index is 0.102. The van der Waals surface area contributed by atoms with E-state index < -0.39 is 0 Å². The number of nitrogens with zero attached hydrogens (tertiary/aromatic N) is 2. The maximum Gasteiger partial charge on any atom is 0.253 e. The van der Waals surface area contributed by atoms with Crippen molar-refractivity contribution in [3.05, 3.63) is 42.6 Å². The fourth-order valence-electron chi connectivity index (χ4n) is 1.43. The molecule has 0 radical (unpaired) electrons. The van der Waals surface area contributed by atoms with Gasteiger partial charge in [-0.25, -0.2) is 15.2 Å². The SMILES string of the molecule is NNC(=O)Cn1cnc(-c2ccc(F)cc2)c1. The van der Waals surface area contributed by atoms with E-state index in [4.69, 9.17) is 5.84 Å². The number of amides is 1. The molecule has 1 amide bonds. The van der Waals surface area contributed by atoms with Crippen LogP contribution in [0.25, 0.3) is 11.3 Å². The van der Waals surface area contributed by atoms with Gasteiger partial charge >= 0.3 is 0 Å². The molecule has 0 fully saturated rings. The highest BCUT2D eigenvalue weighted by atomic mass is 19.1. The highest BCUT2D eigenvalue weighted by Gasteiger charge is 2.04. The Bertz CT molecular complexity index is 521. The van der Waals surface area contributed by atoms with E-state index in [2.05, 4.69) is 4.98 Å². The third-order valence-corrected chi connectivity index (χ3v) is 2.26. The van der Waals surface area contributed by atoms with E-state index in [0.717, 1.165) is 5.56 Å². The van der Waals surface area contributed by atoms with E-state index in [-0.39, 0.29) is 18.3 Å². The predicted molar refractivity (Wildman–Crippen MR) is 60.0 cm³/mol. The molecule has 1 aromatic heterocycles. The second-order valence-electron chi connectivity index (χ2n) is 3.51. The van der Waals surface area contributed by atoms with Crippen molar-refractivity contribution in [1.29, 1.82) is 0 Å². The maximum atomic E-state index is 12.7. The Morgan fingerprint density at radius 1 is 1.41 bits per heavy atom. The monoisotopic (exact) mass is 234 g/mol. The summed E-state index contributed by atoms with van der Waals surface area (Å²) in [6, 6.07) is 5.98. The van der Waals surface area contributed by atoms with Crippen molar-refractivity contribution in [2.45, 2.75) is 6.54 Å². The van der Waals surface area contributed by atoms with Crippen molar-refractivity contribution in [2.24, 2.45) is 5.84 Å². The average molecular weight is 234 g/mol. The minimum Gasteiger partial charge on any atom is -0.327 e. The summed E-state index contributed by atoms with van der Waals surface area (Å²) >= 11 is 0. The van der Waals surface area contributed by atoms with Gasteiger partial charge in [-0.05, 0) is 24.3 Å². The first-order valence-electron chi connectivity index (χ1n) is 4.96. The number of hydrazine groups is 1. The number of carbonyl (C=O) groups is 1. The summed E-state index contributed by atoms with van der Waals surface area (Å²) < 4.78 is 14.3. The lowest BCUT2D eigenvalue weighted by Gasteiger charge is -1.99. The van der Waals surface area contributed by atoms with Gasteiger partial charge in [0.05, 0.1) is 12.0 Å². The molecule has 17 heavy (non-hydrogen) atoms. The van der Waals surface area contributed by atoms with Crippen LogP contribution in [-0.4, -0.2) is 15.5 Å². The van der Waals surface area contributed by atoms with E-state index in [9.17, 15) is 9.18 Å². The normalized spacial score (nSPS) is 10.2. The standard InChI is InChI=1S/C11H11FN4O/c12-9-3-1-8(2-4-9)10-5-16(7-14-10)6-11(17)15-13/h1-5,7H,6,13H2,(H,15,17). The highest BCUT2D eigenvalue weighted by molar-refractivity contribution is 5.75. The first-order chi connectivity index (χ1) is 8.19. The van der Waals surface area contributed by atoms with Crippen molar-refractivity contribution in [3.8, 4) is 11.3 Å². The van der Waals surface area contributed by atoms with Crippen molar-refractivity contribution < 1.29 is 9.18 Å². The van der Waals surface area contributed by atoms with Crippen LogP contribution < -0.4 is 11.3 Å². The molecule has 6 heteroatoms. The first-order valence-corrected chi connectivity index (χ1v) is 4.96. The number of hydrogen-bond donors (Lipinski definition) is 2. The zero-order chi connectivity index (χ0) is 12.3. The quantitative estimate of drug-likeness (QED) is 0.466. The number of hydrogen-bond acceptors (Lipinski definition) is 3. The summed E-state index contributed by atoms with van der Waals surface area (Å²) in [5.74, 6) is 4.37. The van der Waals surface area contributed by atoms with E-state index in [1.165, 1.54) is 18.5 Å². The molecule has 0 aliphatic rings. The van der Waals surface area contributed by atoms with E-state index in [1.54, 1.807) is 22.9 Å².